The van der Waals surface area contributed by atoms with E-state index in [0.29, 0.717) is 22.2 Å². The minimum absolute atomic E-state index is 0.131. The quantitative estimate of drug-likeness (QED) is 0.283. The number of aromatic amines is 1. The zero-order chi connectivity index (χ0) is 21.2. The van der Waals surface area contributed by atoms with Crippen molar-refractivity contribution in [2.24, 2.45) is 0 Å². The zero-order valence-corrected chi connectivity index (χ0v) is 17.6. The predicted octanol–water partition coefficient (Wildman–Crippen LogP) is 5.85. The van der Waals surface area contributed by atoms with E-state index in [1.807, 2.05) is 54.6 Å². The first-order valence-corrected chi connectivity index (χ1v) is 10.9. The minimum atomic E-state index is -0.131. The van der Waals surface area contributed by atoms with Crippen LogP contribution in [-0.2, 0) is 5.75 Å². The van der Waals surface area contributed by atoms with Crippen molar-refractivity contribution in [1.29, 1.82) is 0 Å². The van der Waals surface area contributed by atoms with Crippen LogP contribution in [0.15, 0.2) is 93.3 Å². The Bertz CT molecular complexity index is 1420. The monoisotopic (exact) mass is 425 g/mol. The van der Waals surface area contributed by atoms with E-state index in [0.717, 1.165) is 28.0 Å². The molecule has 5 aromatic rings. The van der Waals surface area contributed by atoms with Gasteiger partial charge in [-0.3, -0.25) is 4.79 Å². The second-order valence-corrected chi connectivity index (χ2v) is 8.21. The summed E-state index contributed by atoms with van der Waals surface area (Å²) in [5.41, 5.74) is 3.87. The number of thioether (sulfide) groups is 1. The summed E-state index contributed by atoms with van der Waals surface area (Å²) in [7, 11) is 0. The third-order valence-corrected chi connectivity index (χ3v) is 6.03. The number of rotatable bonds is 5. The van der Waals surface area contributed by atoms with Gasteiger partial charge in [0.2, 0.25) is 0 Å². The third-order valence-electron chi connectivity index (χ3n) is 5.13. The maximum Gasteiger partial charge on any atom is 0.255 e. The fraction of sp³-hybridized carbons (Fsp3) is 0.0800. The maximum absolute atomic E-state index is 12.4. The molecule has 0 saturated heterocycles. The van der Waals surface area contributed by atoms with Crippen molar-refractivity contribution in [3.05, 3.63) is 100 Å². The van der Waals surface area contributed by atoms with E-state index >= 15 is 0 Å². The Kier molecular flexibility index (Phi) is 5.14. The fourth-order valence-corrected chi connectivity index (χ4v) is 4.20. The molecular formula is C25H19N3O2S. The Labute approximate surface area is 183 Å². The summed E-state index contributed by atoms with van der Waals surface area (Å²) in [5.74, 6) is 1.26. The van der Waals surface area contributed by atoms with Crippen molar-refractivity contribution in [1.82, 2.24) is 15.1 Å². The van der Waals surface area contributed by atoms with Gasteiger partial charge in [-0.2, -0.15) is 0 Å². The topological polar surface area (TPSA) is 71.8 Å². The lowest BCUT2D eigenvalue weighted by atomic mass is 10.1. The van der Waals surface area contributed by atoms with Crippen LogP contribution in [0.1, 0.15) is 11.3 Å². The van der Waals surface area contributed by atoms with Gasteiger partial charge in [0, 0.05) is 28.5 Å². The van der Waals surface area contributed by atoms with Gasteiger partial charge in [-0.25, -0.2) is 4.98 Å². The van der Waals surface area contributed by atoms with E-state index in [2.05, 4.69) is 39.4 Å². The first-order valence-electron chi connectivity index (χ1n) is 9.91. The zero-order valence-electron chi connectivity index (χ0n) is 16.8. The summed E-state index contributed by atoms with van der Waals surface area (Å²) < 4.78 is 5.57. The van der Waals surface area contributed by atoms with Crippen LogP contribution >= 0.6 is 11.8 Å². The first-order chi connectivity index (χ1) is 15.2. The molecule has 0 saturated carbocycles. The van der Waals surface area contributed by atoms with Gasteiger partial charge in [-0.05, 0) is 23.8 Å². The SMILES string of the molecule is Cc1c(-c2ccccc2)nc(SCc2cc(-c3ccc4ccccc4c3)on2)[nH]c1=O. The summed E-state index contributed by atoms with van der Waals surface area (Å²) in [6.07, 6.45) is 0. The van der Waals surface area contributed by atoms with Crippen LogP contribution in [-0.4, -0.2) is 15.1 Å². The number of nitrogens with one attached hydrogen (secondary N) is 1. The predicted molar refractivity (Wildman–Crippen MR) is 124 cm³/mol. The van der Waals surface area contributed by atoms with Crippen LogP contribution in [0, 0.1) is 6.92 Å². The number of H-pyrrole nitrogens is 1. The van der Waals surface area contributed by atoms with Gasteiger partial charge in [-0.15, -0.1) is 0 Å². The minimum Gasteiger partial charge on any atom is -0.356 e. The number of hydrogen-bond donors (Lipinski definition) is 1. The molecule has 1 N–H and O–H groups in total. The standard InChI is InChI=1S/C25H19N3O2S/c1-16-23(18-8-3-2-4-9-18)26-25(27-24(16)29)31-15-21-14-22(30-28-21)20-12-11-17-7-5-6-10-19(17)13-20/h2-14H,15H2,1H3,(H,26,27,29). The van der Waals surface area contributed by atoms with Crippen molar-refractivity contribution in [2.75, 3.05) is 0 Å². The fourth-order valence-electron chi connectivity index (χ4n) is 3.46. The number of aromatic nitrogens is 3. The molecule has 31 heavy (non-hydrogen) atoms. The smallest absolute Gasteiger partial charge is 0.255 e. The summed E-state index contributed by atoms with van der Waals surface area (Å²) in [4.78, 5) is 19.9. The van der Waals surface area contributed by atoms with E-state index in [4.69, 9.17) is 4.52 Å². The lowest BCUT2D eigenvalue weighted by Crippen LogP contribution is -2.14. The average Bonchev–Trinajstić information content (AvgIpc) is 3.29. The number of nitrogens with zero attached hydrogens (tertiary/aromatic N) is 2. The van der Waals surface area contributed by atoms with Crippen LogP contribution in [0.3, 0.4) is 0 Å². The molecule has 0 aliphatic heterocycles. The highest BCUT2D eigenvalue weighted by atomic mass is 32.2. The number of hydrogen-bond acceptors (Lipinski definition) is 5. The summed E-state index contributed by atoms with van der Waals surface area (Å²) in [6.45, 7) is 1.79. The molecule has 5 rings (SSSR count). The van der Waals surface area contributed by atoms with Gasteiger partial charge in [-0.1, -0.05) is 83.6 Å². The molecule has 0 bridgehead atoms. The van der Waals surface area contributed by atoms with Crippen molar-refractivity contribution < 1.29 is 4.52 Å². The van der Waals surface area contributed by atoms with Crippen LogP contribution in [0.2, 0.25) is 0 Å². The van der Waals surface area contributed by atoms with E-state index in [1.54, 1.807) is 6.92 Å². The second kappa shape index (κ2) is 8.24. The molecule has 0 unspecified atom stereocenters. The van der Waals surface area contributed by atoms with Crippen molar-refractivity contribution in [2.45, 2.75) is 17.8 Å². The molecule has 2 heterocycles. The van der Waals surface area contributed by atoms with Gasteiger partial charge >= 0.3 is 0 Å². The molecule has 5 nitrogen and oxygen atoms in total. The Morgan fingerprint density at radius 3 is 2.52 bits per heavy atom. The van der Waals surface area contributed by atoms with E-state index in [-0.39, 0.29) is 5.56 Å². The number of benzene rings is 3. The van der Waals surface area contributed by atoms with Gasteiger partial charge < -0.3 is 9.51 Å². The lowest BCUT2D eigenvalue weighted by Gasteiger charge is -2.07. The largest absolute Gasteiger partial charge is 0.356 e. The van der Waals surface area contributed by atoms with Crippen molar-refractivity contribution in [3.8, 4) is 22.6 Å². The molecule has 0 radical (unpaired) electrons. The summed E-state index contributed by atoms with van der Waals surface area (Å²) in [6, 6.07) is 26.1. The van der Waals surface area contributed by atoms with Crippen molar-refractivity contribution in [3.63, 3.8) is 0 Å². The molecule has 2 aromatic heterocycles. The molecule has 0 fully saturated rings. The van der Waals surface area contributed by atoms with E-state index in [1.165, 1.54) is 17.1 Å². The summed E-state index contributed by atoms with van der Waals surface area (Å²) in [5, 5.41) is 7.09. The molecule has 3 aromatic carbocycles. The van der Waals surface area contributed by atoms with E-state index in [9.17, 15) is 4.79 Å². The molecule has 152 valence electrons. The van der Waals surface area contributed by atoms with Crippen LogP contribution < -0.4 is 5.56 Å². The van der Waals surface area contributed by atoms with Gasteiger partial charge in [0.25, 0.3) is 5.56 Å². The van der Waals surface area contributed by atoms with Gasteiger partial charge in [0.05, 0.1) is 11.4 Å². The highest BCUT2D eigenvalue weighted by Gasteiger charge is 2.12. The first kappa shape index (κ1) is 19.3. The molecule has 0 atom stereocenters. The lowest BCUT2D eigenvalue weighted by molar-refractivity contribution is 0.426. The molecule has 0 spiro atoms. The van der Waals surface area contributed by atoms with Crippen LogP contribution in [0.5, 0.6) is 0 Å². The van der Waals surface area contributed by atoms with E-state index < -0.39 is 0 Å². The number of fused-ring (bicyclic) bond motifs is 1. The highest BCUT2D eigenvalue weighted by molar-refractivity contribution is 7.98. The van der Waals surface area contributed by atoms with Crippen LogP contribution in [0.4, 0.5) is 0 Å². The van der Waals surface area contributed by atoms with Crippen LogP contribution in [0.25, 0.3) is 33.4 Å². The van der Waals surface area contributed by atoms with Crippen molar-refractivity contribution >= 4 is 22.5 Å². The average molecular weight is 426 g/mol. The normalized spacial score (nSPS) is 11.1. The maximum atomic E-state index is 12.4. The highest BCUT2D eigenvalue weighted by Crippen LogP contribution is 2.28. The Balaban J connectivity index is 1.37. The molecule has 0 aliphatic carbocycles. The Morgan fingerprint density at radius 2 is 1.68 bits per heavy atom. The van der Waals surface area contributed by atoms with Gasteiger partial charge in [0.1, 0.15) is 0 Å². The third kappa shape index (κ3) is 4.02. The Hall–Kier alpha value is -3.64. The molecule has 6 heteroatoms. The second-order valence-electron chi connectivity index (χ2n) is 7.24. The van der Waals surface area contributed by atoms with Gasteiger partial charge in [0.15, 0.2) is 10.9 Å². The summed E-state index contributed by atoms with van der Waals surface area (Å²) >= 11 is 1.43. The molecular weight excluding hydrogens is 406 g/mol. The Morgan fingerprint density at radius 1 is 0.903 bits per heavy atom. The molecule has 0 amide bonds. The molecule has 0 aliphatic rings.